The Hall–Kier alpha value is -0.540. The van der Waals surface area contributed by atoms with Crippen molar-refractivity contribution < 1.29 is 4.74 Å². The monoisotopic (exact) mass is 198 g/mol. The van der Waals surface area contributed by atoms with Crippen LogP contribution in [0.1, 0.15) is 20.8 Å². The molecule has 14 heavy (non-hydrogen) atoms. The quantitative estimate of drug-likeness (QED) is 0.738. The largest absolute Gasteiger partial charge is 0.387 e. The summed E-state index contributed by atoms with van der Waals surface area (Å²) in [6.07, 6.45) is 4.23. The molecule has 3 heteroatoms. The lowest BCUT2D eigenvalue weighted by atomic mass is 10.1. The Morgan fingerprint density at radius 3 is 2.50 bits per heavy atom. The summed E-state index contributed by atoms with van der Waals surface area (Å²) in [5.41, 5.74) is 0.168. The normalized spacial score (nSPS) is 20.2. The number of hydrogen-bond donors (Lipinski definition) is 1. The van der Waals surface area contributed by atoms with E-state index in [1.807, 2.05) is 0 Å². The first-order valence-corrected chi connectivity index (χ1v) is 5.31. The Morgan fingerprint density at radius 2 is 1.93 bits per heavy atom. The van der Waals surface area contributed by atoms with Crippen LogP contribution in [0.4, 0.5) is 0 Å². The maximum atomic E-state index is 5.28. The van der Waals surface area contributed by atoms with Crippen molar-refractivity contribution in [3.63, 3.8) is 0 Å². The van der Waals surface area contributed by atoms with Gasteiger partial charge in [0.05, 0.1) is 13.2 Å². The minimum Gasteiger partial charge on any atom is -0.387 e. The van der Waals surface area contributed by atoms with Crippen LogP contribution in [0.3, 0.4) is 0 Å². The van der Waals surface area contributed by atoms with Gasteiger partial charge in [-0.3, -0.25) is 4.90 Å². The smallest absolute Gasteiger partial charge is 0.0594 e. The van der Waals surface area contributed by atoms with Crippen molar-refractivity contribution in [2.24, 2.45) is 0 Å². The van der Waals surface area contributed by atoms with E-state index in [1.54, 1.807) is 0 Å². The average Bonchev–Trinajstić information content (AvgIpc) is 2.13. The Morgan fingerprint density at radius 1 is 1.29 bits per heavy atom. The molecule has 3 nitrogen and oxygen atoms in total. The van der Waals surface area contributed by atoms with Crippen LogP contribution in [-0.2, 0) is 4.74 Å². The molecular formula is C11H22N2O. The van der Waals surface area contributed by atoms with Crippen LogP contribution in [0.2, 0.25) is 0 Å². The van der Waals surface area contributed by atoms with Gasteiger partial charge in [0.1, 0.15) is 0 Å². The second-order valence-corrected chi connectivity index (χ2v) is 4.71. The first-order valence-electron chi connectivity index (χ1n) is 5.31. The topological polar surface area (TPSA) is 24.5 Å². The molecule has 0 bridgehead atoms. The molecule has 1 saturated heterocycles. The molecule has 0 aromatic carbocycles. The van der Waals surface area contributed by atoms with Crippen molar-refractivity contribution in [2.45, 2.75) is 26.3 Å². The summed E-state index contributed by atoms with van der Waals surface area (Å²) in [5.74, 6) is 0. The second-order valence-electron chi connectivity index (χ2n) is 4.71. The van der Waals surface area contributed by atoms with Gasteiger partial charge < -0.3 is 10.1 Å². The van der Waals surface area contributed by atoms with Crippen molar-refractivity contribution in [3.8, 4) is 0 Å². The number of ether oxygens (including phenoxy) is 1. The van der Waals surface area contributed by atoms with Gasteiger partial charge in [0.15, 0.2) is 0 Å². The molecule has 1 fully saturated rings. The van der Waals surface area contributed by atoms with Gasteiger partial charge >= 0.3 is 0 Å². The summed E-state index contributed by atoms with van der Waals surface area (Å²) in [5, 5.41) is 3.32. The van der Waals surface area contributed by atoms with E-state index in [9.17, 15) is 0 Å². The fourth-order valence-corrected chi connectivity index (χ4v) is 1.29. The van der Waals surface area contributed by atoms with Gasteiger partial charge in [-0.25, -0.2) is 0 Å². The summed E-state index contributed by atoms with van der Waals surface area (Å²) in [6.45, 7) is 11.4. The SMILES string of the molecule is CC(C)(C)N/C=C/CN1CCOCC1. The van der Waals surface area contributed by atoms with Gasteiger partial charge in [-0.1, -0.05) is 6.08 Å². The minimum absolute atomic E-state index is 0.168. The molecule has 0 aromatic heterocycles. The standard InChI is InChI=1S/C11H22N2O/c1-11(2,3)12-5-4-6-13-7-9-14-10-8-13/h4-5,12H,6-10H2,1-3H3/b5-4+. The molecule has 1 heterocycles. The van der Waals surface area contributed by atoms with E-state index >= 15 is 0 Å². The van der Waals surface area contributed by atoms with Gasteiger partial charge in [-0.15, -0.1) is 0 Å². The first-order chi connectivity index (χ1) is 6.58. The molecule has 0 aromatic rings. The number of hydrogen-bond acceptors (Lipinski definition) is 3. The summed E-state index contributed by atoms with van der Waals surface area (Å²) < 4.78 is 5.28. The third-order valence-corrected chi connectivity index (χ3v) is 2.10. The van der Waals surface area contributed by atoms with E-state index in [-0.39, 0.29) is 5.54 Å². The predicted molar refractivity (Wildman–Crippen MR) is 59.3 cm³/mol. The second kappa shape index (κ2) is 5.37. The van der Waals surface area contributed by atoms with Crippen LogP contribution < -0.4 is 5.32 Å². The van der Waals surface area contributed by atoms with Gasteiger partial charge in [0.25, 0.3) is 0 Å². The van der Waals surface area contributed by atoms with Crippen molar-refractivity contribution >= 4 is 0 Å². The van der Waals surface area contributed by atoms with Crippen molar-refractivity contribution in [2.75, 3.05) is 32.8 Å². The third kappa shape index (κ3) is 5.25. The fourth-order valence-electron chi connectivity index (χ4n) is 1.29. The summed E-state index contributed by atoms with van der Waals surface area (Å²) in [4.78, 5) is 2.39. The molecule has 0 amide bonds. The summed E-state index contributed by atoms with van der Waals surface area (Å²) >= 11 is 0. The highest BCUT2D eigenvalue weighted by molar-refractivity contribution is 4.88. The number of morpholine rings is 1. The molecule has 1 rings (SSSR count). The summed E-state index contributed by atoms with van der Waals surface area (Å²) in [7, 11) is 0. The molecule has 1 aliphatic heterocycles. The Balaban J connectivity index is 2.12. The zero-order chi connectivity index (χ0) is 10.4. The zero-order valence-electron chi connectivity index (χ0n) is 9.55. The van der Waals surface area contributed by atoms with E-state index in [4.69, 9.17) is 4.74 Å². The maximum Gasteiger partial charge on any atom is 0.0594 e. The molecule has 1 aliphatic rings. The fraction of sp³-hybridized carbons (Fsp3) is 0.818. The van der Waals surface area contributed by atoms with Crippen LogP contribution in [-0.4, -0.2) is 43.3 Å². The molecule has 0 aliphatic carbocycles. The Labute approximate surface area is 87.1 Å². The van der Waals surface area contributed by atoms with Gasteiger partial charge in [0, 0.05) is 25.2 Å². The molecule has 0 atom stereocenters. The highest BCUT2D eigenvalue weighted by Crippen LogP contribution is 1.99. The van der Waals surface area contributed by atoms with Crippen molar-refractivity contribution in [1.29, 1.82) is 0 Å². The predicted octanol–water partition coefficient (Wildman–Crippen LogP) is 1.22. The lowest BCUT2D eigenvalue weighted by Gasteiger charge is -2.25. The van der Waals surface area contributed by atoms with E-state index in [1.165, 1.54) is 0 Å². The zero-order valence-corrected chi connectivity index (χ0v) is 9.55. The van der Waals surface area contributed by atoms with Crippen molar-refractivity contribution in [1.82, 2.24) is 10.2 Å². The van der Waals surface area contributed by atoms with E-state index in [0.29, 0.717) is 0 Å². The molecule has 0 saturated carbocycles. The molecule has 1 N–H and O–H groups in total. The first kappa shape index (κ1) is 11.5. The van der Waals surface area contributed by atoms with Crippen LogP contribution in [0.15, 0.2) is 12.3 Å². The van der Waals surface area contributed by atoms with Gasteiger partial charge in [-0.2, -0.15) is 0 Å². The van der Waals surface area contributed by atoms with E-state index in [2.05, 4.69) is 43.3 Å². The number of nitrogens with one attached hydrogen (secondary N) is 1. The van der Waals surface area contributed by atoms with Gasteiger partial charge in [-0.05, 0) is 27.0 Å². The van der Waals surface area contributed by atoms with E-state index in [0.717, 1.165) is 32.8 Å². The number of rotatable bonds is 3. The molecular weight excluding hydrogens is 176 g/mol. The Kier molecular flexibility index (Phi) is 4.42. The maximum absolute atomic E-state index is 5.28. The highest BCUT2D eigenvalue weighted by atomic mass is 16.5. The lowest BCUT2D eigenvalue weighted by molar-refractivity contribution is 0.0434. The number of nitrogens with zero attached hydrogens (tertiary/aromatic N) is 1. The van der Waals surface area contributed by atoms with Gasteiger partial charge in [0.2, 0.25) is 0 Å². The minimum atomic E-state index is 0.168. The Bertz CT molecular complexity index is 178. The van der Waals surface area contributed by atoms with Crippen LogP contribution in [0.5, 0.6) is 0 Å². The molecule has 0 radical (unpaired) electrons. The third-order valence-electron chi connectivity index (χ3n) is 2.10. The lowest BCUT2D eigenvalue weighted by Crippen LogP contribution is -2.36. The van der Waals surface area contributed by atoms with Crippen LogP contribution in [0.25, 0.3) is 0 Å². The van der Waals surface area contributed by atoms with E-state index < -0.39 is 0 Å². The highest BCUT2D eigenvalue weighted by Gasteiger charge is 2.08. The molecule has 0 spiro atoms. The molecule has 82 valence electrons. The van der Waals surface area contributed by atoms with Crippen LogP contribution in [0, 0.1) is 0 Å². The van der Waals surface area contributed by atoms with Crippen molar-refractivity contribution in [3.05, 3.63) is 12.3 Å². The summed E-state index contributed by atoms with van der Waals surface area (Å²) in [6, 6.07) is 0. The average molecular weight is 198 g/mol. The molecule has 0 unspecified atom stereocenters. The van der Waals surface area contributed by atoms with Crippen LogP contribution >= 0.6 is 0 Å².